The van der Waals surface area contributed by atoms with Crippen molar-refractivity contribution in [3.63, 3.8) is 0 Å². The summed E-state index contributed by atoms with van der Waals surface area (Å²) in [6.07, 6.45) is -33.5. The maximum absolute atomic E-state index is 12.3. The molecule has 1 unspecified atom stereocenters. The van der Waals surface area contributed by atoms with Gasteiger partial charge in [0, 0.05) is 7.11 Å². The van der Waals surface area contributed by atoms with Crippen LogP contribution in [0.4, 0.5) is 0 Å². The molecule has 326 valence electrons. The third kappa shape index (κ3) is 11.2. The van der Waals surface area contributed by atoms with Crippen LogP contribution < -0.4 is 0 Å². The molecular formula is C32H54O24. The van der Waals surface area contributed by atoms with E-state index in [1.54, 1.807) is 0 Å². The van der Waals surface area contributed by atoms with Crippen molar-refractivity contribution < 1.29 is 118 Å². The van der Waals surface area contributed by atoms with Gasteiger partial charge in [0.15, 0.2) is 18.9 Å². The van der Waals surface area contributed by atoms with E-state index in [1.807, 2.05) is 0 Å². The number of aliphatic hydroxyl groups is 12. The molecule has 4 aliphatic rings. The third-order valence-electron chi connectivity index (χ3n) is 9.61. The first-order valence-corrected chi connectivity index (χ1v) is 17.9. The molecule has 24 nitrogen and oxygen atoms in total. The Morgan fingerprint density at radius 1 is 0.589 bits per heavy atom. The van der Waals surface area contributed by atoms with Crippen LogP contribution in [-0.4, -0.2) is 243 Å². The van der Waals surface area contributed by atoms with E-state index < -0.39 is 174 Å². The first-order chi connectivity index (χ1) is 26.6. The van der Waals surface area contributed by atoms with Crippen molar-refractivity contribution in [2.75, 3.05) is 46.8 Å². The summed E-state index contributed by atoms with van der Waals surface area (Å²) in [5.41, 5.74) is 0. The first-order valence-electron chi connectivity index (χ1n) is 17.9. The van der Waals surface area contributed by atoms with Gasteiger partial charge in [-0.25, -0.2) is 0 Å². The van der Waals surface area contributed by atoms with Crippen LogP contribution in [0.3, 0.4) is 0 Å². The van der Waals surface area contributed by atoms with Gasteiger partial charge in [-0.1, -0.05) is 0 Å². The lowest BCUT2D eigenvalue weighted by atomic mass is 9.95. The highest BCUT2D eigenvalue weighted by atomic mass is 16.8. The maximum Gasteiger partial charge on any atom is 0.306 e. The number of methoxy groups -OCH3 is 1. The molecule has 0 bridgehead atoms. The molecule has 0 radical (unpaired) electrons. The second-order valence-corrected chi connectivity index (χ2v) is 13.8. The lowest BCUT2D eigenvalue weighted by Crippen LogP contribution is -2.67. The van der Waals surface area contributed by atoms with Gasteiger partial charge in [0.2, 0.25) is 0 Å². The molecule has 24 heteroatoms. The average Bonchev–Trinajstić information content (AvgIpc) is 3.18. The molecule has 0 aliphatic carbocycles. The molecule has 0 amide bonds. The number of carbonyl (C=O) groups is 2. The lowest BCUT2D eigenvalue weighted by Gasteiger charge is -2.49. The van der Waals surface area contributed by atoms with E-state index in [0.29, 0.717) is 0 Å². The summed E-state index contributed by atoms with van der Waals surface area (Å²) in [6.45, 7) is -2.34. The van der Waals surface area contributed by atoms with Crippen molar-refractivity contribution in [2.45, 2.75) is 142 Å². The molecular weight excluding hydrogens is 768 g/mol. The van der Waals surface area contributed by atoms with Gasteiger partial charge < -0.3 is 109 Å². The summed E-state index contributed by atoms with van der Waals surface area (Å²) in [4.78, 5) is 24.0. The second-order valence-electron chi connectivity index (χ2n) is 13.8. The Labute approximate surface area is 319 Å². The second kappa shape index (κ2) is 21.4. The van der Waals surface area contributed by atoms with Gasteiger partial charge in [-0.3, -0.25) is 9.59 Å². The molecule has 0 spiro atoms. The fourth-order valence-electron chi connectivity index (χ4n) is 6.49. The molecule has 20 atom stereocenters. The average molecular weight is 823 g/mol. The lowest BCUT2D eigenvalue weighted by molar-refractivity contribution is -0.384. The first kappa shape index (κ1) is 46.8. The summed E-state index contributed by atoms with van der Waals surface area (Å²) in [6, 6.07) is 0. The monoisotopic (exact) mass is 822 g/mol. The van der Waals surface area contributed by atoms with E-state index in [-0.39, 0.29) is 13.0 Å². The van der Waals surface area contributed by atoms with Gasteiger partial charge in [0.1, 0.15) is 111 Å². The van der Waals surface area contributed by atoms with Crippen LogP contribution >= 0.6 is 0 Å². The Kier molecular flexibility index (Phi) is 17.9. The van der Waals surface area contributed by atoms with E-state index in [2.05, 4.69) is 0 Å². The van der Waals surface area contributed by atoms with E-state index in [1.165, 1.54) is 14.0 Å². The predicted octanol–water partition coefficient (Wildman–Crippen LogP) is -8.16. The quantitative estimate of drug-likeness (QED) is 0.0606. The Bertz CT molecular complexity index is 1210. The van der Waals surface area contributed by atoms with Gasteiger partial charge in [-0.2, -0.15) is 0 Å². The molecule has 4 heterocycles. The normalized spacial score (nSPS) is 43.9. The number of carbonyl (C=O) groups excluding carboxylic acids is 2. The van der Waals surface area contributed by atoms with Crippen LogP contribution in [0.15, 0.2) is 0 Å². The number of ether oxygens (including phenoxy) is 10. The molecule has 0 aromatic rings. The van der Waals surface area contributed by atoms with Crippen LogP contribution in [0.2, 0.25) is 0 Å². The molecule has 4 saturated heterocycles. The fraction of sp³-hybridized carbons (Fsp3) is 0.938. The zero-order valence-electron chi connectivity index (χ0n) is 30.5. The summed E-state index contributed by atoms with van der Waals surface area (Å²) < 4.78 is 54.1. The van der Waals surface area contributed by atoms with Gasteiger partial charge in [-0.15, -0.1) is 0 Å². The van der Waals surface area contributed by atoms with Crippen molar-refractivity contribution >= 4 is 11.9 Å². The topological polar surface area (TPSA) is 369 Å². The Morgan fingerprint density at radius 3 is 1.39 bits per heavy atom. The maximum atomic E-state index is 12.3. The van der Waals surface area contributed by atoms with E-state index >= 15 is 0 Å². The molecule has 12 N–H and O–H groups in total. The Morgan fingerprint density at radius 2 is 0.982 bits per heavy atom. The van der Waals surface area contributed by atoms with Crippen LogP contribution in [0, 0.1) is 0 Å². The van der Waals surface area contributed by atoms with E-state index in [9.17, 15) is 70.9 Å². The van der Waals surface area contributed by atoms with Crippen molar-refractivity contribution in [2.24, 2.45) is 0 Å². The summed E-state index contributed by atoms with van der Waals surface area (Å²) >= 11 is 0. The Balaban J connectivity index is 1.38. The molecule has 0 aromatic heterocycles. The predicted molar refractivity (Wildman–Crippen MR) is 173 cm³/mol. The molecule has 0 aromatic carbocycles. The number of aliphatic hydroxyl groups excluding tert-OH is 12. The van der Waals surface area contributed by atoms with E-state index in [4.69, 9.17) is 47.4 Å². The van der Waals surface area contributed by atoms with Crippen LogP contribution in [0.5, 0.6) is 0 Å². The highest BCUT2D eigenvalue weighted by molar-refractivity contribution is 5.77. The zero-order valence-corrected chi connectivity index (χ0v) is 30.5. The number of rotatable bonds is 17. The fourth-order valence-corrected chi connectivity index (χ4v) is 6.49. The highest BCUT2D eigenvalue weighted by Gasteiger charge is 2.54. The van der Waals surface area contributed by atoms with Crippen molar-refractivity contribution in [3.8, 4) is 0 Å². The van der Waals surface area contributed by atoms with Crippen LogP contribution in [0.25, 0.3) is 0 Å². The summed E-state index contributed by atoms with van der Waals surface area (Å²) in [5.74, 6) is -1.64. The number of esters is 2. The third-order valence-corrected chi connectivity index (χ3v) is 9.61. The smallest absolute Gasteiger partial charge is 0.306 e. The summed E-state index contributed by atoms with van der Waals surface area (Å²) in [7, 11) is 1.21. The van der Waals surface area contributed by atoms with E-state index in [0.717, 1.165) is 0 Å². The number of hydrogen-bond donors (Lipinski definition) is 12. The van der Waals surface area contributed by atoms with Crippen molar-refractivity contribution in [1.29, 1.82) is 0 Å². The van der Waals surface area contributed by atoms with Gasteiger partial charge in [-0.05, 0) is 6.92 Å². The minimum Gasteiger partial charge on any atom is -0.463 e. The standard InChI is InChI=1S/C32H54O24/c1-11(36)8-49-17(38)3-4-18(39)50-10-16-29(19(40)12(37)9-48-16)56-32-25(46)22(43)28(15(7-35)53-32)55-31-24(45)21(42)27(14(6-34)52-31)54-30-23(44)20(41)26(47-2)13(5-33)51-30/h11-16,19-37,40-46H,3-10H2,1-2H3/t11?,12-,13+,14+,15+,16+,19+,20+,21+,22+,23+,24+,25+,26+,27+,28+,29+,30+,31+,32+/m0/s1. The zero-order chi connectivity index (χ0) is 41.4. The van der Waals surface area contributed by atoms with Gasteiger partial charge >= 0.3 is 11.9 Å². The molecule has 4 fully saturated rings. The van der Waals surface area contributed by atoms with Crippen LogP contribution in [-0.2, 0) is 57.0 Å². The van der Waals surface area contributed by atoms with Crippen molar-refractivity contribution in [3.05, 3.63) is 0 Å². The number of hydrogen-bond acceptors (Lipinski definition) is 24. The SMILES string of the molecule is CO[C@H]1[C@H](O)[C@@H](O)[C@@H](O[C@H]2[C@H](O)[C@@H](O)[C@@H](O[C@H]3[C@H](O)[C@@H](O)[C@@H](O[C@H]4[C@H](O)[C@@H](O)CO[C@@H]4COC(=O)CCC(=O)OCC(C)O)O[C@@H]3CO)O[C@@H]2CO)O[C@@H]1CO. The highest BCUT2D eigenvalue weighted by Crippen LogP contribution is 2.34. The molecule has 4 rings (SSSR count). The molecule has 0 saturated carbocycles. The minimum absolute atomic E-state index is 0.267. The van der Waals surface area contributed by atoms with Crippen molar-refractivity contribution in [1.82, 2.24) is 0 Å². The Hall–Kier alpha value is -1.86. The minimum atomic E-state index is -2.04. The summed E-state index contributed by atoms with van der Waals surface area (Å²) in [5, 5.41) is 125. The van der Waals surface area contributed by atoms with Gasteiger partial charge in [0.05, 0.1) is 45.4 Å². The molecule has 56 heavy (non-hydrogen) atoms. The van der Waals surface area contributed by atoms with Crippen LogP contribution in [0.1, 0.15) is 19.8 Å². The van der Waals surface area contributed by atoms with Gasteiger partial charge in [0.25, 0.3) is 0 Å². The largest absolute Gasteiger partial charge is 0.463 e. The molecule has 4 aliphatic heterocycles.